The number of hydrogen-bond donors (Lipinski definition) is 0. The molecular weight excluding hydrogens is 318 g/mol. The van der Waals surface area contributed by atoms with E-state index < -0.39 is 0 Å². The number of rotatable bonds is 3. The van der Waals surface area contributed by atoms with Crippen molar-refractivity contribution in [2.24, 2.45) is 0 Å². The Morgan fingerprint density at radius 1 is 0.826 bits per heavy atom. The van der Waals surface area contributed by atoms with Gasteiger partial charge in [-0.15, -0.1) is 12.3 Å². The zero-order valence-electron chi connectivity index (χ0n) is 13.0. The maximum atomic E-state index is 11.0. The van der Waals surface area contributed by atoms with Gasteiger partial charge in [0.15, 0.2) is 0 Å². The average molecular weight is 338 g/mol. The van der Waals surface area contributed by atoms with Crippen LogP contribution in [0.4, 0.5) is 5.69 Å². The van der Waals surface area contributed by atoms with Crippen molar-refractivity contribution in [3.05, 3.63) is 113 Å². The molecule has 0 heterocycles. The van der Waals surface area contributed by atoms with Crippen molar-refractivity contribution in [1.29, 1.82) is 0 Å². The minimum absolute atomic E-state index is 0. The van der Waals surface area contributed by atoms with E-state index in [0.29, 0.717) is 12.1 Å². The average Bonchev–Trinajstić information content (AvgIpc) is 3.27. The summed E-state index contributed by atoms with van der Waals surface area (Å²) in [5, 5.41) is 3.84. The van der Waals surface area contributed by atoms with E-state index in [1.165, 1.54) is 0 Å². The number of carbonyl (C=O) groups is 1. The Balaban J connectivity index is 0.000000362. The molecule has 0 bridgehead atoms. The summed E-state index contributed by atoms with van der Waals surface area (Å²) in [5.74, 6) is -0.156. The van der Waals surface area contributed by atoms with E-state index in [2.05, 4.69) is 11.9 Å². The van der Waals surface area contributed by atoms with Gasteiger partial charge in [0.05, 0.1) is 5.91 Å². The first kappa shape index (κ1) is 22.1. The molecule has 2 fully saturated rings. The van der Waals surface area contributed by atoms with Crippen molar-refractivity contribution in [3.8, 4) is 0 Å². The monoisotopic (exact) mass is 338 g/mol. The molecule has 3 rings (SSSR count). The van der Waals surface area contributed by atoms with Crippen LogP contribution in [0.25, 0.3) is 5.32 Å². The van der Waals surface area contributed by atoms with Crippen LogP contribution in [0.3, 0.4) is 0 Å². The second kappa shape index (κ2) is 16.0. The van der Waals surface area contributed by atoms with Gasteiger partial charge in [0.25, 0.3) is 0 Å². The summed E-state index contributed by atoms with van der Waals surface area (Å²) in [5.41, 5.74) is 0.698. The molecule has 2 saturated carbocycles. The van der Waals surface area contributed by atoms with Gasteiger partial charge in [0.1, 0.15) is 0 Å². The summed E-state index contributed by atoms with van der Waals surface area (Å²) >= 11 is 0. The Morgan fingerprint density at radius 2 is 1.22 bits per heavy atom. The maximum Gasteiger partial charge on any atom is 0.0582 e. The fourth-order valence-corrected chi connectivity index (χ4v) is 1.46. The molecule has 1 aromatic carbocycles. The molecule has 2 aliphatic carbocycles. The van der Waals surface area contributed by atoms with Crippen LogP contribution in [0.5, 0.6) is 0 Å². The minimum atomic E-state index is -0.156. The maximum absolute atomic E-state index is 11.0. The van der Waals surface area contributed by atoms with Gasteiger partial charge in [-0.2, -0.15) is 0 Å². The van der Waals surface area contributed by atoms with E-state index >= 15 is 0 Å². The van der Waals surface area contributed by atoms with Gasteiger partial charge in [-0.05, 0) is 64.2 Å². The molecule has 10 radical (unpaired) electrons. The van der Waals surface area contributed by atoms with Crippen molar-refractivity contribution >= 4 is 11.6 Å². The standard InChI is InChI=1S/C10H11NO.2C5H5.Ti/c1-2-6-10(12)11-9-7-4-3-5-8-9;2*1-2-4-5-3-1;/h2-5,7-8H,1,6H2,(H,11,12);2*1-5H;/p-1. The fourth-order valence-electron chi connectivity index (χ4n) is 1.46. The molecule has 0 spiro atoms. The van der Waals surface area contributed by atoms with Gasteiger partial charge in [-0.25, -0.2) is 0 Å². The number of carbonyl (C=O) groups excluding carboxylic acids is 1. The third-order valence-electron chi connectivity index (χ3n) is 2.44. The smallest absolute Gasteiger partial charge is 0.0582 e. The molecule has 0 saturated heterocycles. The Hall–Kier alpha value is -0.856. The first-order valence-electron chi connectivity index (χ1n) is 7.07. The van der Waals surface area contributed by atoms with E-state index in [1.54, 1.807) is 18.2 Å². The first-order valence-corrected chi connectivity index (χ1v) is 7.07. The van der Waals surface area contributed by atoms with Crippen molar-refractivity contribution in [2.45, 2.75) is 6.42 Å². The predicted octanol–water partition coefficient (Wildman–Crippen LogP) is 4.83. The van der Waals surface area contributed by atoms with Crippen LogP contribution in [-0.4, -0.2) is 5.91 Å². The molecule has 2 nitrogen and oxygen atoms in total. The van der Waals surface area contributed by atoms with Gasteiger partial charge >= 0.3 is 0 Å². The van der Waals surface area contributed by atoms with E-state index in [4.69, 9.17) is 0 Å². The normalized spacial score (nSPS) is 15.1. The van der Waals surface area contributed by atoms with Gasteiger partial charge < -0.3 is 10.1 Å². The molecule has 0 N–H and O–H groups in total. The first-order chi connectivity index (χ1) is 10.8. The zero-order chi connectivity index (χ0) is 15.9. The Morgan fingerprint density at radius 3 is 1.57 bits per heavy atom. The van der Waals surface area contributed by atoms with Crippen LogP contribution >= 0.6 is 0 Å². The van der Waals surface area contributed by atoms with Crippen molar-refractivity contribution in [1.82, 2.24) is 0 Å². The van der Waals surface area contributed by atoms with Gasteiger partial charge in [-0.1, -0.05) is 36.4 Å². The van der Waals surface area contributed by atoms with Crippen LogP contribution in [0.2, 0.25) is 0 Å². The van der Waals surface area contributed by atoms with Crippen molar-refractivity contribution < 1.29 is 26.5 Å². The Kier molecular flexibility index (Phi) is 15.4. The topological polar surface area (TPSA) is 31.2 Å². The summed E-state index contributed by atoms with van der Waals surface area (Å²) in [6, 6.07) is 9.17. The largest absolute Gasteiger partial charge is 0.627 e. The quantitative estimate of drug-likeness (QED) is 0.573. The van der Waals surface area contributed by atoms with E-state index in [0.717, 1.165) is 0 Å². The van der Waals surface area contributed by atoms with Gasteiger partial charge in [0.2, 0.25) is 0 Å². The van der Waals surface area contributed by atoms with Crippen LogP contribution in [0.15, 0.2) is 43.0 Å². The second-order valence-electron chi connectivity index (χ2n) is 4.26. The molecule has 0 atom stereocenters. The summed E-state index contributed by atoms with van der Waals surface area (Å²) in [7, 11) is 0. The molecule has 3 heteroatoms. The molecular formula is C20H20NOTi-. The van der Waals surface area contributed by atoms with Crippen LogP contribution in [-0.2, 0) is 26.5 Å². The number of hydrogen-bond acceptors (Lipinski definition) is 1. The van der Waals surface area contributed by atoms with Crippen molar-refractivity contribution in [2.75, 3.05) is 0 Å². The molecule has 2 aliphatic rings. The second-order valence-corrected chi connectivity index (χ2v) is 4.26. The fraction of sp³-hybridized carbons (Fsp3) is 0.0500. The summed E-state index contributed by atoms with van der Waals surface area (Å²) in [6.07, 6.45) is 21.9. The molecule has 1 aromatic rings. The molecule has 0 aromatic heterocycles. The molecule has 1 amide bonds. The van der Waals surface area contributed by atoms with Crippen LogP contribution in [0, 0.1) is 64.2 Å². The Bertz CT molecular complexity index is 372. The number of amides is 1. The Labute approximate surface area is 157 Å². The van der Waals surface area contributed by atoms with E-state index in [-0.39, 0.29) is 27.6 Å². The summed E-state index contributed by atoms with van der Waals surface area (Å²) < 4.78 is 0. The predicted molar refractivity (Wildman–Crippen MR) is 92.3 cm³/mol. The van der Waals surface area contributed by atoms with Crippen LogP contribution < -0.4 is 0 Å². The number of para-hydroxylation sites is 1. The minimum Gasteiger partial charge on any atom is -0.627 e. The molecule has 23 heavy (non-hydrogen) atoms. The van der Waals surface area contributed by atoms with E-state index in [9.17, 15) is 4.79 Å². The third-order valence-corrected chi connectivity index (χ3v) is 2.44. The van der Waals surface area contributed by atoms with Crippen molar-refractivity contribution in [3.63, 3.8) is 0 Å². The third kappa shape index (κ3) is 13.3. The number of nitrogens with zero attached hydrogens (tertiary/aromatic N) is 1. The summed E-state index contributed by atoms with van der Waals surface area (Å²) in [4.78, 5) is 11.0. The SMILES string of the molecule is C=CCC(=O)[N-]c1ccccc1.[CH]1[CH][CH][CH][CH]1.[CH]1[CH][CH][CH][CH]1.[Ti]. The summed E-state index contributed by atoms with van der Waals surface area (Å²) in [6.45, 7) is 3.46. The van der Waals surface area contributed by atoms with Gasteiger partial charge in [-0.3, -0.25) is 0 Å². The van der Waals surface area contributed by atoms with E-state index in [1.807, 2.05) is 82.4 Å². The van der Waals surface area contributed by atoms with Gasteiger partial charge in [0, 0.05) is 28.1 Å². The zero-order valence-corrected chi connectivity index (χ0v) is 14.6. The van der Waals surface area contributed by atoms with Crippen LogP contribution in [0.1, 0.15) is 6.42 Å². The number of benzene rings is 1. The molecule has 0 unspecified atom stereocenters. The molecule has 0 aliphatic heterocycles. The molecule has 116 valence electrons.